The summed E-state index contributed by atoms with van der Waals surface area (Å²) in [4.78, 5) is 11.1. The number of rotatable bonds is 6. The maximum atomic E-state index is 13.9. The van der Waals surface area contributed by atoms with Crippen LogP contribution in [0.3, 0.4) is 0 Å². The molecule has 3 aromatic rings. The number of carbonyl (C=O) groups is 1. The molecule has 0 radical (unpaired) electrons. The van der Waals surface area contributed by atoms with E-state index in [1.165, 1.54) is 18.2 Å². The van der Waals surface area contributed by atoms with Crippen molar-refractivity contribution < 1.29 is 45.0 Å². The topological polar surface area (TPSA) is 85.6 Å². The summed E-state index contributed by atoms with van der Waals surface area (Å²) in [6.45, 7) is -3.03. The van der Waals surface area contributed by atoms with Crippen LogP contribution >= 0.6 is 0 Å². The third-order valence-electron chi connectivity index (χ3n) is 6.15. The highest BCUT2D eigenvalue weighted by Crippen LogP contribution is 2.39. The van der Waals surface area contributed by atoms with E-state index in [1.54, 1.807) is 4.57 Å². The summed E-state index contributed by atoms with van der Waals surface area (Å²) in [6, 6.07) is 6.84. The number of alkyl halides is 5. The zero-order valence-corrected chi connectivity index (χ0v) is 19.1. The number of sulfone groups is 1. The molecule has 1 unspecified atom stereocenters. The molecule has 0 amide bonds. The van der Waals surface area contributed by atoms with Gasteiger partial charge in [-0.05, 0) is 54.3 Å². The Morgan fingerprint density at radius 2 is 1.91 bits per heavy atom. The van der Waals surface area contributed by atoms with Crippen molar-refractivity contribution in [3.8, 4) is 5.75 Å². The molecule has 0 aliphatic carbocycles. The van der Waals surface area contributed by atoms with Gasteiger partial charge >= 0.3 is 18.8 Å². The van der Waals surface area contributed by atoms with Crippen molar-refractivity contribution in [3.05, 3.63) is 58.8 Å². The lowest BCUT2D eigenvalue weighted by molar-refractivity contribution is -0.142. The first kappa shape index (κ1) is 25.0. The van der Waals surface area contributed by atoms with Crippen molar-refractivity contribution in [2.45, 2.75) is 43.5 Å². The van der Waals surface area contributed by atoms with Gasteiger partial charge in [0.15, 0.2) is 9.84 Å². The van der Waals surface area contributed by atoms with Gasteiger partial charge in [0.25, 0.3) is 0 Å². The summed E-state index contributed by atoms with van der Waals surface area (Å²) in [6.07, 6.45) is -3.78. The van der Waals surface area contributed by atoms with Crippen LogP contribution in [0.2, 0.25) is 0 Å². The van der Waals surface area contributed by atoms with Gasteiger partial charge in [-0.3, -0.25) is 4.79 Å². The maximum absolute atomic E-state index is 13.9. The number of aliphatic carboxylic acids is 1. The van der Waals surface area contributed by atoms with Gasteiger partial charge in [0.1, 0.15) is 5.75 Å². The molecule has 12 heteroatoms. The Balaban J connectivity index is 1.90. The smallest absolute Gasteiger partial charge is 0.416 e. The number of hydrogen-bond acceptors (Lipinski definition) is 4. The lowest BCUT2D eigenvalue weighted by Crippen LogP contribution is -2.26. The average molecular weight is 517 g/mol. The van der Waals surface area contributed by atoms with Gasteiger partial charge in [-0.2, -0.15) is 22.0 Å². The number of hydrogen-bond donors (Lipinski definition) is 1. The number of nitrogens with zero attached hydrogens (tertiary/aromatic N) is 1. The fourth-order valence-corrected chi connectivity index (χ4v) is 5.19. The molecule has 1 aliphatic heterocycles. The molecule has 1 atom stereocenters. The molecule has 0 spiro atoms. The molecule has 0 bridgehead atoms. The first-order chi connectivity index (χ1) is 16.3. The third kappa shape index (κ3) is 4.97. The van der Waals surface area contributed by atoms with Gasteiger partial charge in [-0.25, -0.2) is 8.42 Å². The van der Waals surface area contributed by atoms with E-state index >= 15 is 0 Å². The third-order valence-corrected chi connectivity index (χ3v) is 7.26. The summed E-state index contributed by atoms with van der Waals surface area (Å²) in [7, 11) is -3.89. The fraction of sp³-hybridized carbons (Fsp3) is 0.348. The summed E-state index contributed by atoms with van der Waals surface area (Å²) in [5.74, 6) is -1.90. The van der Waals surface area contributed by atoms with E-state index in [9.17, 15) is 40.3 Å². The fourth-order valence-electron chi connectivity index (χ4n) is 4.54. The highest BCUT2D eigenvalue weighted by atomic mass is 32.2. The normalized spacial score (nSPS) is 16.5. The quantitative estimate of drug-likeness (QED) is 0.470. The molecule has 1 N–H and O–H groups in total. The van der Waals surface area contributed by atoms with Crippen molar-refractivity contribution in [1.82, 2.24) is 4.57 Å². The highest BCUT2D eigenvalue weighted by Gasteiger charge is 2.35. The zero-order valence-electron chi connectivity index (χ0n) is 18.3. The number of ether oxygens (including phenoxy) is 1. The Bertz CT molecular complexity index is 1410. The van der Waals surface area contributed by atoms with Gasteiger partial charge in [0.2, 0.25) is 0 Å². The Labute approximate surface area is 196 Å². The molecular formula is C23H20F5NO5S. The summed E-state index contributed by atoms with van der Waals surface area (Å²) < 4.78 is 97.0. The van der Waals surface area contributed by atoms with E-state index in [-0.39, 0.29) is 37.1 Å². The predicted octanol–water partition coefficient (Wildman–Crippen LogP) is 4.90. The van der Waals surface area contributed by atoms with Crippen molar-refractivity contribution in [2.75, 3.05) is 6.26 Å². The van der Waals surface area contributed by atoms with Crippen LogP contribution in [0.4, 0.5) is 22.0 Å². The van der Waals surface area contributed by atoms with E-state index in [1.807, 2.05) is 0 Å². The van der Waals surface area contributed by atoms with Crippen LogP contribution in [0, 0.1) is 5.92 Å². The Kier molecular flexibility index (Phi) is 6.28. The van der Waals surface area contributed by atoms with Crippen molar-refractivity contribution in [3.63, 3.8) is 0 Å². The van der Waals surface area contributed by atoms with E-state index < -0.39 is 45.0 Å². The summed E-state index contributed by atoms with van der Waals surface area (Å²) in [5, 5.41) is 9.81. The second-order valence-electron chi connectivity index (χ2n) is 8.43. The molecular weight excluding hydrogens is 497 g/mol. The Morgan fingerprint density at radius 3 is 2.51 bits per heavy atom. The summed E-state index contributed by atoms with van der Waals surface area (Å²) >= 11 is 0. The monoisotopic (exact) mass is 517 g/mol. The van der Waals surface area contributed by atoms with Gasteiger partial charge in [0, 0.05) is 35.8 Å². The zero-order chi connectivity index (χ0) is 25.7. The molecule has 0 fully saturated rings. The number of fused-ring (bicyclic) bond motifs is 3. The molecule has 1 aromatic heterocycles. The molecule has 0 saturated carbocycles. The van der Waals surface area contributed by atoms with E-state index in [4.69, 9.17) is 0 Å². The van der Waals surface area contributed by atoms with Crippen LogP contribution in [0.5, 0.6) is 5.75 Å². The van der Waals surface area contributed by atoms with Crippen LogP contribution in [0.25, 0.3) is 10.9 Å². The molecule has 4 rings (SSSR count). The molecule has 6 nitrogen and oxygen atoms in total. The Hall–Kier alpha value is -3.15. The number of halogens is 5. The molecule has 35 heavy (non-hydrogen) atoms. The van der Waals surface area contributed by atoms with Gasteiger partial charge < -0.3 is 14.4 Å². The van der Waals surface area contributed by atoms with Crippen molar-refractivity contribution in [2.24, 2.45) is 5.92 Å². The predicted molar refractivity (Wildman–Crippen MR) is 115 cm³/mol. The molecule has 2 heterocycles. The minimum absolute atomic E-state index is 0.0787. The first-order valence-electron chi connectivity index (χ1n) is 10.5. The SMILES string of the molecule is CS(=O)(=O)c1ccc(Cc2c3n(c4ccc(OC(F)F)cc24)CC(C(=O)O)CC3)c(C(F)(F)F)c1. The van der Waals surface area contributed by atoms with E-state index in [0.717, 1.165) is 18.4 Å². The average Bonchev–Trinajstić information content (AvgIpc) is 3.04. The number of carboxylic acid groups (broad SMARTS) is 1. The van der Waals surface area contributed by atoms with Crippen LogP contribution in [0.15, 0.2) is 41.3 Å². The number of benzene rings is 2. The van der Waals surface area contributed by atoms with Crippen LogP contribution in [0.1, 0.15) is 28.8 Å². The first-order valence-corrected chi connectivity index (χ1v) is 12.4. The van der Waals surface area contributed by atoms with Gasteiger partial charge in [0.05, 0.1) is 16.4 Å². The maximum Gasteiger partial charge on any atom is 0.416 e. The molecule has 0 saturated heterocycles. The lowest BCUT2D eigenvalue weighted by atomic mass is 9.93. The summed E-state index contributed by atoms with van der Waals surface area (Å²) in [5.41, 5.74) is 0.200. The van der Waals surface area contributed by atoms with Gasteiger partial charge in [-0.1, -0.05) is 6.07 Å². The molecule has 188 valence electrons. The van der Waals surface area contributed by atoms with Gasteiger partial charge in [-0.15, -0.1) is 0 Å². The number of aromatic nitrogens is 1. The van der Waals surface area contributed by atoms with Crippen molar-refractivity contribution in [1.29, 1.82) is 0 Å². The van der Waals surface area contributed by atoms with Crippen LogP contribution in [-0.2, 0) is 40.2 Å². The largest absolute Gasteiger partial charge is 0.481 e. The molecule has 2 aromatic carbocycles. The Morgan fingerprint density at radius 1 is 1.20 bits per heavy atom. The standard InChI is InChI=1S/C23H20F5NO5S/c1-35(32,33)15-5-2-12(18(10-15)23(26,27)28)8-16-17-9-14(34-22(24)25)4-7-20(17)29-11-13(21(30)31)3-6-19(16)29/h2,4-5,7,9-10,13,22H,3,6,8,11H2,1H3,(H,30,31). The van der Waals surface area contributed by atoms with Crippen LogP contribution in [-0.4, -0.2) is 36.9 Å². The molecule has 1 aliphatic rings. The minimum atomic E-state index is -4.84. The van der Waals surface area contributed by atoms with Crippen LogP contribution < -0.4 is 4.74 Å². The number of carboxylic acids is 1. The van der Waals surface area contributed by atoms with E-state index in [0.29, 0.717) is 28.2 Å². The second-order valence-corrected chi connectivity index (χ2v) is 10.4. The minimum Gasteiger partial charge on any atom is -0.481 e. The second kappa shape index (κ2) is 8.81. The lowest BCUT2D eigenvalue weighted by Gasteiger charge is -2.23. The van der Waals surface area contributed by atoms with E-state index in [2.05, 4.69) is 4.74 Å². The highest BCUT2D eigenvalue weighted by molar-refractivity contribution is 7.90. The van der Waals surface area contributed by atoms with Crippen molar-refractivity contribution >= 4 is 26.7 Å².